The number of hydrogen-bond acceptors (Lipinski definition) is 3. The number of aromatic nitrogens is 1. The van der Waals surface area contributed by atoms with E-state index in [0.29, 0.717) is 5.75 Å². The summed E-state index contributed by atoms with van der Waals surface area (Å²) in [6, 6.07) is 1.58. The van der Waals surface area contributed by atoms with Crippen LogP contribution in [0.2, 0.25) is 0 Å². The van der Waals surface area contributed by atoms with Crippen molar-refractivity contribution in [1.29, 1.82) is 0 Å². The van der Waals surface area contributed by atoms with Crippen LogP contribution in [0.5, 0.6) is 5.75 Å². The molecule has 82 valence electrons. The molecule has 0 amide bonds. The molecule has 0 unspecified atom stereocenters. The summed E-state index contributed by atoms with van der Waals surface area (Å²) < 4.78 is 4.92. The van der Waals surface area contributed by atoms with Gasteiger partial charge < -0.3 is 9.84 Å². The second-order valence-electron chi connectivity index (χ2n) is 3.28. The highest BCUT2D eigenvalue weighted by molar-refractivity contribution is 5.90. The molecule has 1 rings (SSSR count). The monoisotopic (exact) mass is 209 g/mol. The Morgan fingerprint density at radius 3 is 2.87 bits per heavy atom. The number of nitrogens with zero attached hydrogens (tertiary/aromatic N) is 1. The summed E-state index contributed by atoms with van der Waals surface area (Å²) in [5.74, 6) is -0.672. The third-order valence-electron chi connectivity index (χ3n) is 2.16. The molecule has 0 fully saturated rings. The van der Waals surface area contributed by atoms with Crippen LogP contribution >= 0.6 is 0 Å². The molecule has 0 bridgehead atoms. The molecule has 0 aromatic carbocycles. The minimum atomic E-state index is -0.980. The van der Waals surface area contributed by atoms with Gasteiger partial charge in [-0.2, -0.15) is 0 Å². The Morgan fingerprint density at radius 2 is 2.33 bits per heavy atom. The van der Waals surface area contributed by atoms with Crippen LogP contribution in [-0.2, 0) is 6.42 Å². The van der Waals surface area contributed by atoms with E-state index in [9.17, 15) is 4.79 Å². The van der Waals surface area contributed by atoms with Gasteiger partial charge in [-0.05, 0) is 18.9 Å². The number of methoxy groups -OCH3 is 1. The zero-order chi connectivity index (χ0) is 11.3. The van der Waals surface area contributed by atoms with Crippen molar-refractivity contribution >= 4 is 5.97 Å². The SMILES string of the molecule is CCCCc1cc(C(=O)O)c(OC)cn1. The molecule has 0 aliphatic carbocycles. The highest BCUT2D eigenvalue weighted by atomic mass is 16.5. The molecule has 0 saturated carbocycles. The maximum atomic E-state index is 10.9. The second-order valence-corrected chi connectivity index (χ2v) is 3.28. The van der Waals surface area contributed by atoms with E-state index in [2.05, 4.69) is 11.9 Å². The van der Waals surface area contributed by atoms with Gasteiger partial charge in [-0.15, -0.1) is 0 Å². The maximum Gasteiger partial charge on any atom is 0.339 e. The van der Waals surface area contributed by atoms with Crippen molar-refractivity contribution in [2.24, 2.45) is 0 Å². The van der Waals surface area contributed by atoms with E-state index >= 15 is 0 Å². The van der Waals surface area contributed by atoms with Crippen molar-refractivity contribution in [2.45, 2.75) is 26.2 Å². The van der Waals surface area contributed by atoms with Gasteiger partial charge in [-0.1, -0.05) is 13.3 Å². The molecule has 0 saturated heterocycles. The number of aryl methyl sites for hydroxylation is 1. The Hall–Kier alpha value is -1.58. The maximum absolute atomic E-state index is 10.9. The van der Waals surface area contributed by atoms with Crippen molar-refractivity contribution in [1.82, 2.24) is 4.98 Å². The Bertz CT molecular complexity index is 350. The molecule has 0 radical (unpaired) electrons. The number of carboxylic acid groups (broad SMARTS) is 1. The summed E-state index contributed by atoms with van der Waals surface area (Å²) in [6.45, 7) is 2.08. The first kappa shape index (κ1) is 11.5. The standard InChI is InChI=1S/C11H15NO3/c1-3-4-5-8-6-9(11(13)14)10(15-2)7-12-8/h6-7H,3-5H2,1-2H3,(H,13,14). The van der Waals surface area contributed by atoms with Crippen molar-refractivity contribution in [2.75, 3.05) is 7.11 Å². The highest BCUT2D eigenvalue weighted by Gasteiger charge is 2.12. The van der Waals surface area contributed by atoms with Crippen LogP contribution in [0.15, 0.2) is 12.3 Å². The second kappa shape index (κ2) is 5.34. The summed E-state index contributed by atoms with van der Waals surface area (Å²) in [5, 5.41) is 8.94. The first-order valence-electron chi connectivity index (χ1n) is 4.95. The lowest BCUT2D eigenvalue weighted by Gasteiger charge is -2.06. The Labute approximate surface area is 88.9 Å². The quantitative estimate of drug-likeness (QED) is 0.807. The number of rotatable bonds is 5. The van der Waals surface area contributed by atoms with E-state index in [4.69, 9.17) is 9.84 Å². The van der Waals surface area contributed by atoms with Gasteiger partial charge in [-0.3, -0.25) is 4.98 Å². The lowest BCUT2D eigenvalue weighted by Crippen LogP contribution is -2.03. The van der Waals surface area contributed by atoms with Gasteiger partial charge in [0.1, 0.15) is 5.56 Å². The Morgan fingerprint density at radius 1 is 1.60 bits per heavy atom. The van der Waals surface area contributed by atoms with Crippen molar-refractivity contribution in [3.63, 3.8) is 0 Å². The number of aromatic carboxylic acids is 1. The van der Waals surface area contributed by atoms with E-state index in [0.717, 1.165) is 25.0 Å². The number of pyridine rings is 1. The molecule has 4 heteroatoms. The molecule has 0 aliphatic rings. The van der Waals surface area contributed by atoms with E-state index in [1.807, 2.05) is 0 Å². The number of hydrogen-bond donors (Lipinski definition) is 1. The van der Waals surface area contributed by atoms with Gasteiger partial charge in [-0.25, -0.2) is 4.79 Å². The van der Waals surface area contributed by atoms with Crippen LogP contribution in [0.3, 0.4) is 0 Å². The lowest BCUT2D eigenvalue weighted by atomic mass is 10.1. The number of carbonyl (C=O) groups is 1. The predicted octanol–water partition coefficient (Wildman–Crippen LogP) is 2.13. The van der Waals surface area contributed by atoms with E-state index < -0.39 is 5.97 Å². The predicted molar refractivity (Wildman–Crippen MR) is 56.4 cm³/mol. The van der Waals surface area contributed by atoms with Gasteiger partial charge >= 0.3 is 5.97 Å². The Kier molecular flexibility index (Phi) is 4.09. The molecule has 15 heavy (non-hydrogen) atoms. The van der Waals surface area contributed by atoms with Crippen LogP contribution in [-0.4, -0.2) is 23.2 Å². The molecule has 1 N–H and O–H groups in total. The van der Waals surface area contributed by atoms with Crippen LogP contribution < -0.4 is 4.74 Å². The molecule has 0 aliphatic heterocycles. The van der Waals surface area contributed by atoms with Gasteiger partial charge in [0.25, 0.3) is 0 Å². The van der Waals surface area contributed by atoms with Crippen LogP contribution in [0.4, 0.5) is 0 Å². The third-order valence-corrected chi connectivity index (χ3v) is 2.16. The molecular formula is C11H15NO3. The highest BCUT2D eigenvalue weighted by Crippen LogP contribution is 2.18. The third kappa shape index (κ3) is 2.94. The number of carboxylic acids is 1. The molecule has 1 aromatic heterocycles. The fraction of sp³-hybridized carbons (Fsp3) is 0.455. The van der Waals surface area contributed by atoms with Crippen molar-refractivity contribution in [3.8, 4) is 5.75 Å². The van der Waals surface area contributed by atoms with E-state index in [-0.39, 0.29) is 5.56 Å². The Balaban J connectivity index is 2.94. The summed E-state index contributed by atoms with van der Waals surface area (Å²) in [5.41, 5.74) is 0.980. The first-order valence-corrected chi connectivity index (χ1v) is 4.95. The van der Waals surface area contributed by atoms with Gasteiger partial charge in [0.2, 0.25) is 0 Å². The minimum absolute atomic E-state index is 0.179. The first-order chi connectivity index (χ1) is 7.19. The summed E-state index contributed by atoms with van der Waals surface area (Å²) in [6.07, 6.45) is 4.35. The summed E-state index contributed by atoms with van der Waals surface area (Å²) >= 11 is 0. The van der Waals surface area contributed by atoms with Gasteiger partial charge in [0, 0.05) is 5.69 Å². The molecule has 1 heterocycles. The van der Waals surface area contributed by atoms with Crippen LogP contribution in [0, 0.1) is 0 Å². The van der Waals surface area contributed by atoms with Crippen molar-refractivity contribution < 1.29 is 14.6 Å². The average Bonchev–Trinajstić information content (AvgIpc) is 2.25. The minimum Gasteiger partial charge on any atom is -0.494 e. The fourth-order valence-corrected chi connectivity index (χ4v) is 1.31. The molecular weight excluding hydrogens is 194 g/mol. The average molecular weight is 209 g/mol. The summed E-state index contributed by atoms with van der Waals surface area (Å²) in [7, 11) is 1.44. The number of ether oxygens (including phenoxy) is 1. The molecule has 4 nitrogen and oxygen atoms in total. The molecule has 1 aromatic rings. The zero-order valence-electron chi connectivity index (χ0n) is 8.99. The topological polar surface area (TPSA) is 59.4 Å². The smallest absolute Gasteiger partial charge is 0.339 e. The van der Waals surface area contributed by atoms with Crippen LogP contribution in [0.1, 0.15) is 35.8 Å². The van der Waals surface area contributed by atoms with Gasteiger partial charge in [0.15, 0.2) is 5.75 Å². The van der Waals surface area contributed by atoms with E-state index in [1.165, 1.54) is 13.3 Å². The number of unbranched alkanes of at least 4 members (excludes halogenated alkanes) is 1. The van der Waals surface area contributed by atoms with Crippen LogP contribution in [0.25, 0.3) is 0 Å². The lowest BCUT2D eigenvalue weighted by molar-refractivity contribution is 0.0693. The van der Waals surface area contributed by atoms with Crippen molar-refractivity contribution in [3.05, 3.63) is 23.5 Å². The largest absolute Gasteiger partial charge is 0.494 e. The normalized spacial score (nSPS) is 10.0. The van der Waals surface area contributed by atoms with Gasteiger partial charge in [0.05, 0.1) is 13.3 Å². The molecule has 0 atom stereocenters. The molecule has 0 spiro atoms. The fourth-order valence-electron chi connectivity index (χ4n) is 1.31. The zero-order valence-corrected chi connectivity index (χ0v) is 8.99. The van der Waals surface area contributed by atoms with E-state index in [1.54, 1.807) is 6.07 Å². The summed E-state index contributed by atoms with van der Waals surface area (Å²) in [4.78, 5) is 15.0.